The minimum atomic E-state index is 0.885. The van der Waals surface area contributed by atoms with Gasteiger partial charge < -0.3 is 10.2 Å². The Morgan fingerprint density at radius 2 is 1.88 bits per heavy atom. The van der Waals surface area contributed by atoms with Crippen LogP contribution in [0.1, 0.15) is 37.8 Å². The topological polar surface area (TPSA) is 28.2 Å². The summed E-state index contributed by atoms with van der Waals surface area (Å²) in [5.74, 6) is 1.15. The Bertz CT molecular complexity index is 330. The van der Waals surface area contributed by atoms with E-state index in [9.17, 15) is 0 Å². The Balaban J connectivity index is 2.87. The maximum Gasteiger partial charge on any atom is 0.131 e. The average molecular weight is 235 g/mol. The molecule has 0 aromatic carbocycles. The van der Waals surface area contributed by atoms with Crippen LogP contribution in [-0.2, 0) is 6.54 Å². The van der Waals surface area contributed by atoms with Crippen LogP contribution < -0.4 is 10.2 Å². The third-order valence-corrected chi connectivity index (χ3v) is 2.77. The molecule has 0 saturated heterocycles. The molecule has 0 aliphatic rings. The smallest absolute Gasteiger partial charge is 0.131 e. The molecule has 1 N–H and O–H groups in total. The van der Waals surface area contributed by atoms with Crippen LogP contribution in [0.3, 0.4) is 0 Å². The van der Waals surface area contributed by atoms with Crippen LogP contribution in [0.2, 0.25) is 0 Å². The highest BCUT2D eigenvalue weighted by Gasteiger charge is 2.09. The summed E-state index contributed by atoms with van der Waals surface area (Å²) in [6.45, 7) is 9.65. The summed E-state index contributed by atoms with van der Waals surface area (Å²) in [4.78, 5) is 7.01. The highest BCUT2D eigenvalue weighted by atomic mass is 15.2. The van der Waals surface area contributed by atoms with Crippen molar-refractivity contribution >= 4 is 5.82 Å². The molecule has 3 heteroatoms. The van der Waals surface area contributed by atoms with Crippen molar-refractivity contribution < 1.29 is 0 Å². The van der Waals surface area contributed by atoms with E-state index in [1.807, 2.05) is 13.2 Å². The predicted octanol–water partition coefficient (Wildman–Crippen LogP) is 2.74. The first-order chi connectivity index (χ1) is 8.22. The fourth-order valence-electron chi connectivity index (χ4n) is 2.12. The van der Waals surface area contributed by atoms with E-state index < -0.39 is 0 Å². The largest absolute Gasteiger partial charge is 0.356 e. The number of hydrogen-bond acceptors (Lipinski definition) is 3. The SMILES string of the molecule is CCCN(CCC)c1ncc(CNC)cc1C. The summed E-state index contributed by atoms with van der Waals surface area (Å²) in [7, 11) is 1.96. The zero-order valence-corrected chi connectivity index (χ0v) is 11.6. The minimum Gasteiger partial charge on any atom is -0.356 e. The summed E-state index contributed by atoms with van der Waals surface area (Å²) in [5.41, 5.74) is 2.53. The minimum absolute atomic E-state index is 0.885. The molecule has 0 fully saturated rings. The van der Waals surface area contributed by atoms with Gasteiger partial charge in [-0.25, -0.2) is 4.98 Å². The van der Waals surface area contributed by atoms with E-state index in [4.69, 9.17) is 0 Å². The van der Waals surface area contributed by atoms with Gasteiger partial charge in [0.1, 0.15) is 5.82 Å². The van der Waals surface area contributed by atoms with Crippen LogP contribution in [0.4, 0.5) is 5.82 Å². The second-order valence-electron chi connectivity index (χ2n) is 4.50. The normalized spacial score (nSPS) is 10.6. The number of aromatic nitrogens is 1. The zero-order chi connectivity index (χ0) is 12.7. The fraction of sp³-hybridized carbons (Fsp3) is 0.643. The zero-order valence-electron chi connectivity index (χ0n) is 11.6. The van der Waals surface area contributed by atoms with Gasteiger partial charge in [-0.05, 0) is 44.0 Å². The van der Waals surface area contributed by atoms with Crippen molar-refractivity contribution in [3.8, 4) is 0 Å². The summed E-state index contributed by atoms with van der Waals surface area (Å²) < 4.78 is 0. The van der Waals surface area contributed by atoms with E-state index in [0.29, 0.717) is 0 Å². The number of pyridine rings is 1. The number of aryl methyl sites for hydroxylation is 1. The number of anilines is 1. The lowest BCUT2D eigenvalue weighted by molar-refractivity contribution is 0.729. The van der Waals surface area contributed by atoms with Gasteiger partial charge in [0.2, 0.25) is 0 Å². The van der Waals surface area contributed by atoms with Gasteiger partial charge in [-0.1, -0.05) is 13.8 Å². The maximum atomic E-state index is 4.62. The van der Waals surface area contributed by atoms with Crippen LogP contribution in [0.5, 0.6) is 0 Å². The number of hydrogen-bond donors (Lipinski definition) is 1. The van der Waals surface area contributed by atoms with Gasteiger partial charge >= 0.3 is 0 Å². The molecule has 0 spiro atoms. The summed E-state index contributed by atoms with van der Waals surface area (Å²) in [5, 5.41) is 3.16. The van der Waals surface area contributed by atoms with Crippen molar-refractivity contribution in [2.24, 2.45) is 0 Å². The monoisotopic (exact) mass is 235 g/mol. The van der Waals surface area contributed by atoms with Gasteiger partial charge in [0, 0.05) is 25.8 Å². The molecule has 0 saturated carbocycles. The predicted molar refractivity (Wildman–Crippen MR) is 74.5 cm³/mol. The first-order valence-corrected chi connectivity index (χ1v) is 6.58. The van der Waals surface area contributed by atoms with E-state index in [-0.39, 0.29) is 0 Å². The summed E-state index contributed by atoms with van der Waals surface area (Å²) >= 11 is 0. The van der Waals surface area contributed by atoms with Gasteiger partial charge in [-0.2, -0.15) is 0 Å². The Labute approximate surface area is 105 Å². The van der Waals surface area contributed by atoms with Crippen molar-refractivity contribution in [2.45, 2.75) is 40.2 Å². The maximum absolute atomic E-state index is 4.62. The molecule has 1 aromatic heterocycles. The first kappa shape index (κ1) is 14.0. The lowest BCUT2D eigenvalue weighted by Crippen LogP contribution is -2.26. The van der Waals surface area contributed by atoms with Crippen LogP contribution in [0.25, 0.3) is 0 Å². The van der Waals surface area contributed by atoms with Crippen molar-refractivity contribution in [1.82, 2.24) is 10.3 Å². The van der Waals surface area contributed by atoms with Crippen LogP contribution in [0.15, 0.2) is 12.3 Å². The molecule has 0 aliphatic carbocycles. The Morgan fingerprint density at radius 3 is 2.35 bits per heavy atom. The van der Waals surface area contributed by atoms with Crippen molar-refractivity contribution in [3.05, 3.63) is 23.4 Å². The molecule has 1 rings (SSSR count). The highest BCUT2D eigenvalue weighted by Crippen LogP contribution is 2.18. The van der Waals surface area contributed by atoms with Gasteiger partial charge in [-0.15, -0.1) is 0 Å². The van der Waals surface area contributed by atoms with Crippen molar-refractivity contribution in [3.63, 3.8) is 0 Å². The Morgan fingerprint density at radius 1 is 1.24 bits per heavy atom. The van der Waals surface area contributed by atoms with Crippen molar-refractivity contribution in [2.75, 3.05) is 25.0 Å². The molecule has 17 heavy (non-hydrogen) atoms. The fourth-order valence-corrected chi connectivity index (χ4v) is 2.12. The molecule has 1 aromatic rings. The Kier molecular flexibility index (Phi) is 5.98. The second kappa shape index (κ2) is 7.28. The molecular weight excluding hydrogens is 210 g/mol. The van der Waals surface area contributed by atoms with E-state index in [0.717, 1.165) is 25.5 Å². The molecule has 96 valence electrons. The lowest BCUT2D eigenvalue weighted by Gasteiger charge is -2.24. The standard InChI is InChI=1S/C14H25N3/c1-5-7-17(8-6-2)14-12(3)9-13(10-15-4)11-16-14/h9,11,15H,5-8,10H2,1-4H3. The van der Waals surface area contributed by atoms with Crippen molar-refractivity contribution in [1.29, 1.82) is 0 Å². The molecule has 0 aliphatic heterocycles. The lowest BCUT2D eigenvalue weighted by atomic mass is 10.2. The summed E-state index contributed by atoms with van der Waals surface area (Å²) in [6.07, 6.45) is 4.32. The van der Waals surface area contributed by atoms with Gasteiger partial charge in [-0.3, -0.25) is 0 Å². The third-order valence-electron chi connectivity index (χ3n) is 2.77. The van der Waals surface area contributed by atoms with E-state index in [2.05, 4.69) is 42.0 Å². The van der Waals surface area contributed by atoms with Crippen LogP contribution in [0, 0.1) is 6.92 Å². The molecular formula is C14H25N3. The van der Waals surface area contributed by atoms with E-state index in [1.165, 1.54) is 24.0 Å². The highest BCUT2D eigenvalue weighted by molar-refractivity contribution is 5.47. The van der Waals surface area contributed by atoms with E-state index in [1.54, 1.807) is 0 Å². The van der Waals surface area contributed by atoms with Gasteiger partial charge in [0.05, 0.1) is 0 Å². The Hall–Kier alpha value is -1.09. The average Bonchev–Trinajstić information content (AvgIpc) is 2.29. The molecule has 0 bridgehead atoms. The summed E-state index contributed by atoms with van der Waals surface area (Å²) in [6, 6.07) is 2.23. The number of nitrogens with one attached hydrogen (secondary N) is 1. The first-order valence-electron chi connectivity index (χ1n) is 6.58. The molecule has 3 nitrogen and oxygen atoms in total. The quantitative estimate of drug-likeness (QED) is 0.787. The second-order valence-corrected chi connectivity index (χ2v) is 4.50. The van der Waals surface area contributed by atoms with Gasteiger partial charge in [0.25, 0.3) is 0 Å². The molecule has 0 amide bonds. The number of nitrogens with zero attached hydrogens (tertiary/aromatic N) is 2. The van der Waals surface area contributed by atoms with Gasteiger partial charge in [0.15, 0.2) is 0 Å². The molecule has 1 heterocycles. The van der Waals surface area contributed by atoms with Crippen LogP contribution in [-0.4, -0.2) is 25.1 Å². The van der Waals surface area contributed by atoms with E-state index >= 15 is 0 Å². The number of rotatable bonds is 7. The third kappa shape index (κ3) is 4.00. The molecule has 0 radical (unpaired) electrons. The molecule has 0 atom stereocenters. The molecule has 0 unspecified atom stereocenters. The van der Waals surface area contributed by atoms with Crippen LogP contribution >= 0.6 is 0 Å².